The maximum atomic E-state index is 12.8. The SMILES string of the molecule is COc1ccc(C(=O)NCc2cccnc2N2CCCCC2)cc1S(=O)(=O)NC(C)C. The Bertz CT molecular complexity index is 1020. The van der Waals surface area contributed by atoms with Crippen molar-refractivity contribution in [3.8, 4) is 5.75 Å². The van der Waals surface area contributed by atoms with E-state index in [1.807, 2.05) is 12.1 Å². The number of piperidine rings is 1. The van der Waals surface area contributed by atoms with Crippen LogP contribution in [-0.2, 0) is 16.6 Å². The highest BCUT2D eigenvalue weighted by atomic mass is 32.2. The Morgan fingerprint density at radius 2 is 1.94 bits per heavy atom. The van der Waals surface area contributed by atoms with Crippen molar-refractivity contribution < 1.29 is 17.9 Å². The molecule has 2 aromatic rings. The molecule has 2 heterocycles. The third-order valence-corrected chi connectivity index (χ3v) is 6.75. The smallest absolute Gasteiger partial charge is 0.251 e. The van der Waals surface area contributed by atoms with E-state index in [-0.39, 0.29) is 28.2 Å². The lowest BCUT2D eigenvalue weighted by molar-refractivity contribution is 0.0950. The molecule has 1 aliphatic rings. The van der Waals surface area contributed by atoms with Crippen LogP contribution in [0.2, 0.25) is 0 Å². The molecule has 0 radical (unpaired) electrons. The van der Waals surface area contributed by atoms with E-state index < -0.39 is 10.0 Å². The molecule has 1 aliphatic heterocycles. The molecule has 0 aliphatic carbocycles. The molecule has 0 bridgehead atoms. The van der Waals surface area contributed by atoms with Gasteiger partial charge in [-0.1, -0.05) is 6.07 Å². The van der Waals surface area contributed by atoms with Crippen LogP contribution in [0.3, 0.4) is 0 Å². The first-order valence-corrected chi connectivity index (χ1v) is 12.0. The van der Waals surface area contributed by atoms with Crippen molar-refractivity contribution in [3.63, 3.8) is 0 Å². The molecule has 0 atom stereocenters. The summed E-state index contributed by atoms with van der Waals surface area (Å²) in [6.07, 6.45) is 5.26. The quantitative estimate of drug-likeness (QED) is 0.647. The zero-order valence-electron chi connectivity index (χ0n) is 18.2. The molecule has 0 saturated carbocycles. The van der Waals surface area contributed by atoms with E-state index in [2.05, 4.69) is 19.9 Å². The number of benzene rings is 1. The zero-order chi connectivity index (χ0) is 22.4. The normalized spacial score (nSPS) is 14.5. The van der Waals surface area contributed by atoms with Gasteiger partial charge in [0.05, 0.1) is 7.11 Å². The number of ether oxygens (including phenoxy) is 1. The summed E-state index contributed by atoms with van der Waals surface area (Å²) in [7, 11) is -2.42. The minimum atomic E-state index is -3.82. The largest absolute Gasteiger partial charge is 0.495 e. The van der Waals surface area contributed by atoms with Gasteiger partial charge in [-0.25, -0.2) is 18.1 Å². The minimum absolute atomic E-state index is 0.0632. The average Bonchev–Trinajstić information content (AvgIpc) is 2.77. The molecule has 9 heteroatoms. The lowest BCUT2D eigenvalue weighted by atomic mass is 10.1. The monoisotopic (exact) mass is 446 g/mol. The molecule has 3 rings (SSSR count). The fraction of sp³-hybridized carbons (Fsp3) is 0.455. The van der Waals surface area contributed by atoms with Gasteiger partial charge in [0.1, 0.15) is 16.5 Å². The van der Waals surface area contributed by atoms with Gasteiger partial charge < -0.3 is 15.0 Å². The molecule has 0 spiro atoms. The first-order valence-electron chi connectivity index (χ1n) is 10.5. The van der Waals surface area contributed by atoms with Crippen LogP contribution in [0.4, 0.5) is 5.82 Å². The molecule has 1 aromatic heterocycles. The zero-order valence-corrected chi connectivity index (χ0v) is 19.0. The molecule has 0 unspecified atom stereocenters. The second-order valence-corrected chi connectivity index (χ2v) is 9.54. The highest BCUT2D eigenvalue weighted by Gasteiger charge is 2.23. The van der Waals surface area contributed by atoms with Crippen molar-refractivity contribution in [1.29, 1.82) is 0 Å². The van der Waals surface area contributed by atoms with Gasteiger partial charge in [-0.3, -0.25) is 4.79 Å². The summed E-state index contributed by atoms with van der Waals surface area (Å²) in [6, 6.07) is 7.90. The maximum absolute atomic E-state index is 12.8. The predicted octanol–water partition coefficient (Wildman–Crippen LogP) is 2.70. The van der Waals surface area contributed by atoms with Gasteiger partial charge in [0.25, 0.3) is 5.91 Å². The number of nitrogens with zero attached hydrogens (tertiary/aromatic N) is 2. The van der Waals surface area contributed by atoms with Crippen LogP contribution >= 0.6 is 0 Å². The van der Waals surface area contributed by atoms with E-state index in [9.17, 15) is 13.2 Å². The minimum Gasteiger partial charge on any atom is -0.495 e. The van der Waals surface area contributed by atoms with Crippen LogP contribution in [0, 0.1) is 0 Å². The number of anilines is 1. The molecular weight excluding hydrogens is 416 g/mol. The van der Waals surface area contributed by atoms with Crippen molar-refractivity contribution in [2.24, 2.45) is 0 Å². The van der Waals surface area contributed by atoms with Gasteiger partial charge in [0, 0.05) is 43.0 Å². The van der Waals surface area contributed by atoms with Gasteiger partial charge in [0.2, 0.25) is 10.0 Å². The standard InChI is InChI=1S/C22H30N4O4S/c1-16(2)25-31(28,29)20-14-17(9-10-19(20)30-3)22(27)24-15-18-8-7-11-23-21(18)26-12-5-4-6-13-26/h7-11,14,16,25H,4-6,12-13,15H2,1-3H3,(H,24,27). The van der Waals surface area contributed by atoms with Crippen LogP contribution in [0.1, 0.15) is 49.0 Å². The van der Waals surface area contributed by atoms with Crippen molar-refractivity contribution in [3.05, 3.63) is 47.7 Å². The summed E-state index contributed by atoms with van der Waals surface area (Å²) in [6.45, 7) is 5.68. The number of hydrogen-bond acceptors (Lipinski definition) is 6. The Morgan fingerprint density at radius 3 is 2.61 bits per heavy atom. The topological polar surface area (TPSA) is 101 Å². The molecule has 1 fully saturated rings. The number of sulfonamides is 1. The fourth-order valence-corrected chi connectivity index (χ4v) is 5.08. The molecule has 1 aromatic carbocycles. The number of pyridine rings is 1. The van der Waals surface area contributed by atoms with E-state index in [1.165, 1.54) is 25.7 Å². The lowest BCUT2D eigenvalue weighted by Gasteiger charge is -2.29. The Kier molecular flexibility index (Phi) is 7.50. The van der Waals surface area contributed by atoms with Crippen LogP contribution in [0.25, 0.3) is 0 Å². The van der Waals surface area contributed by atoms with Gasteiger partial charge in [-0.05, 0) is 57.4 Å². The van der Waals surface area contributed by atoms with E-state index in [1.54, 1.807) is 26.1 Å². The number of aromatic nitrogens is 1. The van der Waals surface area contributed by atoms with E-state index >= 15 is 0 Å². The van der Waals surface area contributed by atoms with Crippen LogP contribution in [-0.4, -0.2) is 45.6 Å². The van der Waals surface area contributed by atoms with Crippen LogP contribution in [0.5, 0.6) is 5.75 Å². The van der Waals surface area contributed by atoms with Crippen molar-refractivity contribution >= 4 is 21.7 Å². The Morgan fingerprint density at radius 1 is 1.19 bits per heavy atom. The highest BCUT2D eigenvalue weighted by Crippen LogP contribution is 2.26. The van der Waals surface area contributed by atoms with Gasteiger partial charge in [-0.15, -0.1) is 0 Å². The Balaban J connectivity index is 1.78. The van der Waals surface area contributed by atoms with Crippen LogP contribution in [0.15, 0.2) is 41.4 Å². The third kappa shape index (κ3) is 5.74. The first-order chi connectivity index (χ1) is 14.8. The summed E-state index contributed by atoms with van der Waals surface area (Å²) in [5.74, 6) is 0.711. The number of hydrogen-bond donors (Lipinski definition) is 2. The number of rotatable bonds is 8. The van der Waals surface area contributed by atoms with Gasteiger partial charge in [-0.2, -0.15) is 0 Å². The summed E-state index contributed by atoms with van der Waals surface area (Å²) in [5, 5.41) is 2.89. The van der Waals surface area contributed by atoms with Gasteiger partial charge >= 0.3 is 0 Å². The number of amides is 1. The molecule has 168 valence electrons. The second-order valence-electron chi connectivity index (χ2n) is 7.86. The summed E-state index contributed by atoms with van der Waals surface area (Å²) < 4.78 is 33.0. The number of carbonyl (C=O) groups excluding carboxylic acids is 1. The fourth-order valence-electron chi connectivity index (χ4n) is 3.64. The van der Waals surface area contributed by atoms with E-state index in [0.717, 1.165) is 37.3 Å². The molecule has 8 nitrogen and oxygen atoms in total. The van der Waals surface area contributed by atoms with E-state index in [4.69, 9.17) is 4.74 Å². The number of methoxy groups -OCH3 is 1. The summed E-state index contributed by atoms with van der Waals surface area (Å²) >= 11 is 0. The van der Waals surface area contributed by atoms with Crippen LogP contribution < -0.4 is 19.7 Å². The van der Waals surface area contributed by atoms with E-state index in [0.29, 0.717) is 6.54 Å². The van der Waals surface area contributed by atoms with Crippen molar-refractivity contribution in [1.82, 2.24) is 15.0 Å². The lowest BCUT2D eigenvalue weighted by Crippen LogP contribution is -2.32. The number of nitrogens with one attached hydrogen (secondary N) is 2. The molecule has 31 heavy (non-hydrogen) atoms. The Labute approximate surface area is 184 Å². The molecule has 1 saturated heterocycles. The Hall–Kier alpha value is -2.65. The van der Waals surface area contributed by atoms with Crippen molar-refractivity contribution in [2.75, 3.05) is 25.1 Å². The van der Waals surface area contributed by atoms with Crippen molar-refractivity contribution in [2.45, 2.75) is 50.6 Å². The second kappa shape index (κ2) is 10.1. The maximum Gasteiger partial charge on any atom is 0.251 e. The first kappa shape index (κ1) is 23.0. The third-order valence-electron chi connectivity index (χ3n) is 5.07. The molecular formula is C22H30N4O4S. The summed E-state index contributed by atoms with van der Waals surface area (Å²) in [5.41, 5.74) is 1.17. The van der Waals surface area contributed by atoms with Gasteiger partial charge in [0.15, 0.2) is 0 Å². The summed E-state index contributed by atoms with van der Waals surface area (Å²) in [4.78, 5) is 19.5. The predicted molar refractivity (Wildman–Crippen MR) is 120 cm³/mol. The number of carbonyl (C=O) groups is 1. The molecule has 2 N–H and O–H groups in total. The molecule has 1 amide bonds. The average molecular weight is 447 g/mol. The highest BCUT2D eigenvalue weighted by molar-refractivity contribution is 7.89.